The number of aromatic nitrogens is 2. The minimum Gasteiger partial charge on any atom is -0.545 e. The summed E-state index contributed by atoms with van der Waals surface area (Å²) < 4.78 is 0. The molecule has 13 nitrogen and oxygen atoms in total. The van der Waals surface area contributed by atoms with E-state index in [9.17, 15) is 29.4 Å². The minimum atomic E-state index is -1.15. The Morgan fingerprint density at radius 3 is 1.23 bits per heavy atom. The highest BCUT2D eigenvalue weighted by atomic mass is 16.4. The first-order valence-corrected chi connectivity index (χ1v) is 14.0. The maximum atomic E-state index is 10.6. The van der Waals surface area contributed by atoms with Crippen molar-refractivity contribution in [1.82, 2.24) is 9.97 Å². The van der Waals surface area contributed by atoms with Crippen molar-refractivity contribution < 1.29 is 45.5 Å². The number of aromatic amines is 2. The molecule has 2 fully saturated rings. The van der Waals surface area contributed by atoms with E-state index >= 15 is 0 Å². The number of hydrogen-bond donors (Lipinski definition) is 6. The number of nitrogens with one attached hydrogen (secondary N) is 2. The molecule has 0 aliphatic carbocycles. The Bertz CT molecular complexity index is 1370. The van der Waals surface area contributed by atoms with E-state index in [1.165, 1.54) is 12.4 Å². The third-order valence-electron chi connectivity index (χ3n) is 7.30. The van der Waals surface area contributed by atoms with Gasteiger partial charge in [0.1, 0.15) is 0 Å². The summed E-state index contributed by atoms with van der Waals surface area (Å²) in [6.07, 6.45) is 6.76. The highest BCUT2D eigenvalue weighted by molar-refractivity contribution is 6.02. The van der Waals surface area contributed by atoms with Gasteiger partial charge in [0.25, 0.3) is 0 Å². The Balaban J connectivity index is 0.000000201. The molecule has 4 heterocycles. The van der Waals surface area contributed by atoms with Gasteiger partial charge in [0.05, 0.1) is 38.1 Å². The summed E-state index contributed by atoms with van der Waals surface area (Å²) in [6, 6.07) is 14.4. The Morgan fingerprint density at radius 2 is 0.953 bits per heavy atom. The first-order chi connectivity index (χ1) is 20.2. The molecule has 2 aliphatic rings. The first-order valence-electron chi connectivity index (χ1n) is 14.0. The number of carboxylic acids is 2. The van der Waals surface area contributed by atoms with Crippen molar-refractivity contribution in [3.63, 3.8) is 0 Å². The maximum absolute atomic E-state index is 10.6. The molecule has 0 saturated carbocycles. The van der Waals surface area contributed by atoms with Crippen LogP contribution in [0.3, 0.4) is 0 Å². The fourth-order valence-electron chi connectivity index (χ4n) is 4.90. The van der Waals surface area contributed by atoms with E-state index in [2.05, 4.69) is 20.6 Å². The number of H-pyrrole nitrogens is 2. The minimum absolute atomic E-state index is 0. The lowest BCUT2D eigenvalue weighted by molar-refractivity contribution is -0.664. The predicted octanol–water partition coefficient (Wildman–Crippen LogP) is -2.87. The summed E-state index contributed by atoms with van der Waals surface area (Å²) in [7, 11) is 0. The first kappa shape index (κ1) is 34.5. The Labute approximate surface area is 248 Å². The summed E-state index contributed by atoms with van der Waals surface area (Å²) >= 11 is 0. The van der Waals surface area contributed by atoms with Crippen LogP contribution < -0.4 is 32.3 Å². The van der Waals surface area contributed by atoms with Crippen molar-refractivity contribution in [2.75, 3.05) is 26.2 Å². The number of piperidine rings is 2. The summed E-state index contributed by atoms with van der Waals surface area (Å²) in [4.78, 5) is 47.9. The number of primary amides is 2. The van der Waals surface area contributed by atoms with Gasteiger partial charge >= 0.3 is 0 Å². The van der Waals surface area contributed by atoms with Gasteiger partial charge in [-0.05, 0) is 12.1 Å². The number of aromatic carboxylic acids is 2. The standard InChI is InChI=1S/2C9H7NO2.2C6H12N2O.H2O/c2*11-9(12)7-5-10-8-4-2-1-3-6(7)8;2*7-6(9)5-1-3-8-4-2-5;/h2*1-5,10H,(H,11,12);2*5,8H,1-4H2,(H2,7,9);1H2. The molecule has 0 atom stereocenters. The summed E-state index contributed by atoms with van der Waals surface area (Å²) in [5, 5.41) is 26.9. The van der Waals surface area contributed by atoms with Gasteiger partial charge < -0.3 is 57.3 Å². The number of carboxylic acid groups (broad SMARTS) is 2. The normalized spacial score (nSPS) is 14.9. The van der Waals surface area contributed by atoms with E-state index in [1.807, 2.05) is 24.3 Å². The molecular weight excluding hydrogens is 556 g/mol. The molecule has 2 aromatic heterocycles. The van der Waals surface area contributed by atoms with Gasteiger partial charge in [0.15, 0.2) is 0 Å². The third-order valence-corrected chi connectivity index (χ3v) is 7.30. The molecule has 0 radical (unpaired) electrons. The van der Waals surface area contributed by atoms with Gasteiger partial charge in [-0.1, -0.05) is 36.4 Å². The number of carbonyl (C=O) groups is 4. The monoisotopic (exact) mass is 596 g/mol. The van der Waals surface area contributed by atoms with Gasteiger partial charge in [-0.3, -0.25) is 9.59 Å². The number of carbonyl (C=O) groups excluding carboxylic acids is 4. The van der Waals surface area contributed by atoms with Crippen LogP contribution in [0.1, 0.15) is 46.4 Å². The zero-order valence-electron chi connectivity index (χ0n) is 23.8. The van der Waals surface area contributed by atoms with Crippen molar-refractivity contribution in [3.8, 4) is 0 Å². The molecular formula is C30H40N6O7. The Morgan fingerprint density at radius 1 is 0.628 bits per heavy atom. The fourth-order valence-corrected chi connectivity index (χ4v) is 4.90. The number of hydrogen-bond acceptors (Lipinski definition) is 6. The molecule has 6 rings (SSSR count). The molecule has 2 aromatic carbocycles. The van der Waals surface area contributed by atoms with E-state index in [4.69, 9.17) is 11.5 Å². The molecule has 13 heteroatoms. The molecule has 2 saturated heterocycles. The van der Waals surface area contributed by atoms with Gasteiger partial charge in [0.2, 0.25) is 11.8 Å². The molecule has 4 aromatic rings. The number of nitrogens with two attached hydrogens (primary N) is 4. The van der Waals surface area contributed by atoms with Crippen LogP contribution >= 0.6 is 0 Å². The lowest BCUT2D eigenvalue weighted by atomic mass is 9.98. The number of rotatable bonds is 4. The second kappa shape index (κ2) is 17.3. The van der Waals surface area contributed by atoms with Gasteiger partial charge in [-0.25, -0.2) is 0 Å². The molecule has 2 amide bonds. The van der Waals surface area contributed by atoms with E-state index in [1.54, 1.807) is 24.3 Å². The highest BCUT2D eigenvalue weighted by Gasteiger charge is 2.20. The largest absolute Gasteiger partial charge is 0.545 e. The fraction of sp³-hybridized carbons (Fsp3) is 0.333. The van der Waals surface area contributed by atoms with Crippen molar-refractivity contribution in [3.05, 3.63) is 72.1 Å². The SMILES string of the molecule is NC(=O)C1CC[NH2+]CC1.NC(=O)C1CC[NH2+]CC1.O.O=C([O-])c1c[nH]c2ccccc12.O=C([O-])c1c[nH]c2ccccc12. The van der Waals surface area contributed by atoms with E-state index < -0.39 is 11.9 Å². The van der Waals surface area contributed by atoms with Crippen LogP contribution in [-0.4, -0.2) is 65.4 Å². The van der Waals surface area contributed by atoms with Crippen LogP contribution in [0.2, 0.25) is 0 Å². The van der Waals surface area contributed by atoms with Crippen LogP contribution in [0, 0.1) is 11.8 Å². The number of quaternary nitrogens is 2. The summed E-state index contributed by atoms with van der Waals surface area (Å²) in [5.41, 5.74) is 12.3. The second-order valence-electron chi connectivity index (χ2n) is 10.2. The zero-order valence-corrected chi connectivity index (χ0v) is 23.8. The van der Waals surface area contributed by atoms with Crippen LogP contribution in [-0.2, 0) is 9.59 Å². The average Bonchev–Trinajstić information content (AvgIpc) is 3.64. The van der Waals surface area contributed by atoms with Crippen LogP contribution in [0.5, 0.6) is 0 Å². The summed E-state index contributed by atoms with van der Waals surface area (Å²) in [6.45, 7) is 4.25. The number of fused-ring (bicyclic) bond motifs is 2. The molecule has 2 aliphatic heterocycles. The molecule has 0 spiro atoms. The van der Waals surface area contributed by atoms with Crippen LogP contribution in [0.15, 0.2) is 60.9 Å². The van der Waals surface area contributed by atoms with Crippen molar-refractivity contribution in [1.29, 1.82) is 0 Å². The zero-order chi connectivity index (χ0) is 30.5. The number of amides is 2. The number of para-hydroxylation sites is 2. The Kier molecular flexibility index (Phi) is 13.9. The lowest BCUT2D eigenvalue weighted by Gasteiger charge is -2.16. The summed E-state index contributed by atoms with van der Waals surface area (Å²) in [5.74, 6) is -2.21. The van der Waals surface area contributed by atoms with Crippen molar-refractivity contribution in [2.45, 2.75) is 25.7 Å². The smallest absolute Gasteiger partial charge is 0.220 e. The van der Waals surface area contributed by atoms with E-state index in [-0.39, 0.29) is 40.3 Å². The van der Waals surface area contributed by atoms with E-state index in [0.717, 1.165) is 62.9 Å². The molecule has 232 valence electrons. The topological polar surface area (TPSA) is 263 Å². The molecule has 43 heavy (non-hydrogen) atoms. The third kappa shape index (κ3) is 10.3. The predicted molar refractivity (Wildman–Crippen MR) is 156 cm³/mol. The Hall–Kier alpha value is -4.72. The van der Waals surface area contributed by atoms with Crippen LogP contribution in [0.25, 0.3) is 21.8 Å². The van der Waals surface area contributed by atoms with Crippen molar-refractivity contribution in [2.24, 2.45) is 23.3 Å². The maximum Gasteiger partial charge on any atom is 0.220 e. The van der Waals surface area contributed by atoms with Gasteiger partial charge in [-0.2, -0.15) is 0 Å². The molecule has 12 N–H and O–H groups in total. The average molecular weight is 597 g/mol. The number of benzene rings is 2. The molecule has 0 unspecified atom stereocenters. The molecule has 0 bridgehead atoms. The van der Waals surface area contributed by atoms with Gasteiger partial charge in [0, 0.05) is 82.8 Å². The lowest BCUT2D eigenvalue weighted by Crippen LogP contribution is -2.86. The second-order valence-corrected chi connectivity index (χ2v) is 10.2. The quantitative estimate of drug-likeness (QED) is 0.144. The van der Waals surface area contributed by atoms with E-state index in [0.29, 0.717) is 10.8 Å². The highest BCUT2D eigenvalue weighted by Crippen LogP contribution is 2.17. The van der Waals surface area contributed by atoms with Crippen LogP contribution in [0.4, 0.5) is 0 Å². The van der Waals surface area contributed by atoms with Crippen molar-refractivity contribution >= 4 is 45.6 Å². The van der Waals surface area contributed by atoms with Gasteiger partial charge in [-0.15, -0.1) is 0 Å².